The van der Waals surface area contributed by atoms with Crippen molar-refractivity contribution in [1.29, 1.82) is 0 Å². The molecule has 1 aliphatic carbocycles. The second-order valence-corrected chi connectivity index (χ2v) is 4.37. The summed E-state index contributed by atoms with van der Waals surface area (Å²) in [5, 5.41) is 10.9. The number of aliphatic hydroxyl groups is 1. The minimum atomic E-state index is -0.662. The van der Waals surface area contributed by atoms with Crippen LogP contribution in [-0.2, 0) is 5.60 Å². The molecule has 1 N–H and O–H groups in total. The Bertz CT molecular complexity index is 298. The lowest BCUT2D eigenvalue weighted by molar-refractivity contribution is 0.0331. The van der Waals surface area contributed by atoms with E-state index in [1.165, 1.54) is 0 Å². The third-order valence-corrected chi connectivity index (χ3v) is 3.05. The molecule has 0 radical (unpaired) electrons. The van der Waals surface area contributed by atoms with Gasteiger partial charge in [-0.2, -0.15) is 0 Å². The highest BCUT2D eigenvalue weighted by Crippen LogP contribution is 2.45. The second-order valence-electron chi connectivity index (χ2n) is 3.93. The van der Waals surface area contributed by atoms with Crippen LogP contribution >= 0.6 is 11.6 Å². The molecule has 1 saturated carbocycles. The predicted molar refractivity (Wildman–Crippen MR) is 53.7 cm³/mol. The van der Waals surface area contributed by atoms with Crippen LogP contribution in [0.5, 0.6) is 0 Å². The normalized spacial score (nSPS) is 21.2. The van der Waals surface area contributed by atoms with Crippen molar-refractivity contribution >= 4 is 11.6 Å². The highest BCUT2D eigenvalue weighted by atomic mass is 35.5. The molecule has 1 aromatic rings. The van der Waals surface area contributed by atoms with E-state index in [-0.39, 0.29) is 0 Å². The van der Waals surface area contributed by atoms with Crippen LogP contribution in [0.4, 0.5) is 0 Å². The molecule has 0 aromatic heterocycles. The van der Waals surface area contributed by atoms with Gasteiger partial charge in [-0.1, -0.05) is 23.7 Å². The van der Waals surface area contributed by atoms with Gasteiger partial charge in [0.05, 0.1) is 5.60 Å². The van der Waals surface area contributed by atoms with Crippen LogP contribution in [0.1, 0.15) is 25.3 Å². The zero-order valence-corrected chi connectivity index (χ0v) is 8.38. The summed E-state index contributed by atoms with van der Waals surface area (Å²) in [6, 6.07) is 7.46. The molecule has 13 heavy (non-hydrogen) atoms. The number of hydrogen-bond acceptors (Lipinski definition) is 1. The molecule has 0 amide bonds. The molecule has 1 fully saturated rings. The van der Waals surface area contributed by atoms with Crippen LogP contribution in [0.2, 0.25) is 5.02 Å². The monoisotopic (exact) mass is 196 g/mol. The van der Waals surface area contributed by atoms with Crippen molar-refractivity contribution in [3.63, 3.8) is 0 Å². The van der Waals surface area contributed by atoms with Gasteiger partial charge in [-0.15, -0.1) is 0 Å². The summed E-state index contributed by atoms with van der Waals surface area (Å²) >= 11 is 5.78. The molecule has 1 aliphatic rings. The second kappa shape index (κ2) is 3.00. The van der Waals surface area contributed by atoms with E-state index in [1.807, 2.05) is 31.2 Å². The Balaban J connectivity index is 2.28. The maximum atomic E-state index is 10.2. The predicted octanol–water partition coefficient (Wildman–Crippen LogP) is 2.96. The average Bonchev–Trinajstić information content (AvgIpc) is 2.87. The Kier molecular flexibility index (Phi) is 2.09. The summed E-state index contributed by atoms with van der Waals surface area (Å²) < 4.78 is 0. The van der Waals surface area contributed by atoms with E-state index in [1.54, 1.807) is 0 Å². The molecule has 1 atom stereocenters. The smallest absolute Gasteiger partial charge is 0.0896 e. The summed E-state index contributed by atoms with van der Waals surface area (Å²) in [5.41, 5.74) is 0.310. The average molecular weight is 197 g/mol. The highest BCUT2D eigenvalue weighted by molar-refractivity contribution is 6.30. The lowest BCUT2D eigenvalue weighted by Gasteiger charge is -2.23. The van der Waals surface area contributed by atoms with Gasteiger partial charge in [0.25, 0.3) is 0 Å². The largest absolute Gasteiger partial charge is 0.385 e. The van der Waals surface area contributed by atoms with E-state index in [2.05, 4.69) is 0 Å². The first-order chi connectivity index (χ1) is 6.10. The van der Waals surface area contributed by atoms with E-state index < -0.39 is 5.60 Å². The summed E-state index contributed by atoms with van der Waals surface area (Å²) in [7, 11) is 0. The Labute approximate surface area is 83.3 Å². The molecule has 1 nitrogen and oxygen atoms in total. The first-order valence-corrected chi connectivity index (χ1v) is 4.97. The van der Waals surface area contributed by atoms with Crippen molar-refractivity contribution in [2.45, 2.75) is 25.4 Å². The third-order valence-electron chi connectivity index (χ3n) is 2.80. The number of halogens is 1. The molecule has 2 rings (SSSR count). The molecule has 0 bridgehead atoms. The van der Waals surface area contributed by atoms with E-state index in [9.17, 15) is 5.11 Å². The molecule has 0 saturated heterocycles. The van der Waals surface area contributed by atoms with Crippen molar-refractivity contribution in [3.8, 4) is 0 Å². The van der Waals surface area contributed by atoms with Crippen molar-refractivity contribution < 1.29 is 5.11 Å². The molecule has 0 aliphatic heterocycles. The summed E-state index contributed by atoms with van der Waals surface area (Å²) in [6.07, 6.45) is 2.27. The molecule has 70 valence electrons. The Morgan fingerprint density at radius 1 is 1.31 bits per heavy atom. The zero-order valence-electron chi connectivity index (χ0n) is 7.63. The van der Waals surface area contributed by atoms with Crippen LogP contribution < -0.4 is 0 Å². The maximum Gasteiger partial charge on any atom is 0.0896 e. The van der Waals surface area contributed by atoms with Gasteiger partial charge in [0.2, 0.25) is 0 Å². The Hall–Kier alpha value is -0.530. The summed E-state index contributed by atoms with van der Waals surface area (Å²) in [5.74, 6) is 0.439. The first kappa shape index (κ1) is 9.04. The lowest BCUT2D eigenvalue weighted by atomic mass is 9.91. The SMILES string of the molecule is C[C@](O)(c1ccc(Cl)cc1)C1CC1. The Morgan fingerprint density at radius 2 is 1.85 bits per heavy atom. The topological polar surface area (TPSA) is 20.2 Å². The molecule has 0 spiro atoms. The van der Waals surface area contributed by atoms with Gasteiger partial charge in [0.15, 0.2) is 0 Å². The summed E-state index contributed by atoms with van der Waals surface area (Å²) in [6.45, 7) is 1.88. The van der Waals surface area contributed by atoms with Crippen LogP contribution in [-0.4, -0.2) is 5.11 Å². The number of rotatable bonds is 2. The fourth-order valence-corrected chi connectivity index (χ4v) is 1.79. The molecule has 0 heterocycles. The van der Waals surface area contributed by atoms with Gasteiger partial charge in [-0.05, 0) is 43.4 Å². The number of benzene rings is 1. The molecular formula is C11H13ClO. The zero-order chi connectivity index (χ0) is 9.47. The fourth-order valence-electron chi connectivity index (χ4n) is 1.67. The van der Waals surface area contributed by atoms with E-state index in [0.29, 0.717) is 5.92 Å². The van der Waals surface area contributed by atoms with E-state index in [0.717, 1.165) is 23.4 Å². The number of hydrogen-bond donors (Lipinski definition) is 1. The molecule has 2 heteroatoms. The van der Waals surface area contributed by atoms with Gasteiger partial charge in [-0.3, -0.25) is 0 Å². The summed E-state index contributed by atoms with van der Waals surface area (Å²) in [4.78, 5) is 0. The van der Waals surface area contributed by atoms with Gasteiger partial charge >= 0.3 is 0 Å². The van der Waals surface area contributed by atoms with Crippen LogP contribution in [0.25, 0.3) is 0 Å². The van der Waals surface area contributed by atoms with Gasteiger partial charge in [-0.25, -0.2) is 0 Å². The van der Waals surface area contributed by atoms with Crippen LogP contribution in [0, 0.1) is 5.92 Å². The quantitative estimate of drug-likeness (QED) is 0.771. The first-order valence-electron chi connectivity index (χ1n) is 4.59. The molecule has 0 unspecified atom stereocenters. The van der Waals surface area contributed by atoms with Crippen molar-refractivity contribution in [1.82, 2.24) is 0 Å². The van der Waals surface area contributed by atoms with Crippen molar-refractivity contribution in [2.75, 3.05) is 0 Å². The van der Waals surface area contributed by atoms with Crippen LogP contribution in [0.15, 0.2) is 24.3 Å². The van der Waals surface area contributed by atoms with E-state index in [4.69, 9.17) is 11.6 Å². The standard InChI is InChI=1S/C11H13ClO/c1-11(13,8-2-3-8)9-4-6-10(12)7-5-9/h4-8,13H,2-3H2,1H3/t11-/m1/s1. The fraction of sp³-hybridized carbons (Fsp3) is 0.455. The Morgan fingerprint density at radius 3 is 2.31 bits per heavy atom. The van der Waals surface area contributed by atoms with Gasteiger partial charge in [0.1, 0.15) is 0 Å². The maximum absolute atomic E-state index is 10.2. The minimum absolute atomic E-state index is 0.439. The highest BCUT2D eigenvalue weighted by Gasteiger charge is 2.40. The molecule has 1 aromatic carbocycles. The van der Waals surface area contributed by atoms with Gasteiger partial charge < -0.3 is 5.11 Å². The van der Waals surface area contributed by atoms with Gasteiger partial charge in [0, 0.05) is 5.02 Å². The third kappa shape index (κ3) is 1.72. The minimum Gasteiger partial charge on any atom is -0.385 e. The molecular weight excluding hydrogens is 184 g/mol. The van der Waals surface area contributed by atoms with Crippen molar-refractivity contribution in [2.24, 2.45) is 5.92 Å². The van der Waals surface area contributed by atoms with E-state index >= 15 is 0 Å². The lowest BCUT2D eigenvalue weighted by Crippen LogP contribution is -2.23. The van der Waals surface area contributed by atoms with Crippen molar-refractivity contribution in [3.05, 3.63) is 34.9 Å². The van der Waals surface area contributed by atoms with Crippen LogP contribution in [0.3, 0.4) is 0 Å².